The highest BCUT2D eigenvalue weighted by Gasteiger charge is 2.41. The van der Waals surface area contributed by atoms with Gasteiger partial charge in [-0.15, -0.1) is 5.10 Å². The van der Waals surface area contributed by atoms with Crippen molar-refractivity contribution in [1.82, 2.24) is 24.8 Å². The molecule has 0 N–H and O–H groups in total. The van der Waals surface area contributed by atoms with E-state index in [1.54, 1.807) is 56.5 Å². The number of hydrogen-bond acceptors (Lipinski definition) is 8. The van der Waals surface area contributed by atoms with Crippen molar-refractivity contribution in [2.24, 2.45) is 11.8 Å². The Bertz CT molecular complexity index is 1270. The molecule has 1 aromatic heterocycles. The summed E-state index contributed by atoms with van der Waals surface area (Å²) in [5.74, 6) is -1.69. The van der Waals surface area contributed by atoms with E-state index in [1.165, 1.54) is 18.1 Å². The van der Waals surface area contributed by atoms with E-state index in [1.807, 2.05) is 13.8 Å². The highest BCUT2D eigenvalue weighted by atomic mass is 19.1. The minimum Gasteiger partial charge on any atom is -0.469 e. The number of benzene rings is 1. The summed E-state index contributed by atoms with van der Waals surface area (Å²) in [6, 6.07) is 4.15. The van der Waals surface area contributed by atoms with Gasteiger partial charge in [-0.1, -0.05) is 19.1 Å². The zero-order valence-electron chi connectivity index (χ0n) is 26.7. The van der Waals surface area contributed by atoms with Gasteiger partial charge in [0.15, 0.2) is 5.69 Å². The zero-order valence-corrected chi connectivity index (χ0v) is 26.7. The molecule has 2 heterocycles. The summed E-state index contributed by atoms with van der Waals surface area (Å²) in [6.45, 7) is 12.2. The second kappa shape index (κ2) is 14.8. The lowest BCUT2D eigenvalue weighted by atomic mass is 9.92. The molecule has 0 radical (unpaired) electrons. The molecule has 12 heteroatoms. The van der Waals surface area contributed by atoms with Crippen molar-refractivity contribution in [2.75, 3.05) is 40.5 Å². The number of hydrogen-bond donors (Lipinski definition) is 0. The Morgan fingerprint density at radius 2 is 1.86 bits per heavy atom. The first-order valence-corrected chi connectivity index (χ1v) is 14.8. The Morgan fingerprint density at radius 1 is 1.14 bits per heavy atom. The third kappa shape index (κ3) is 8.98. The summed E-state index contributed by atoms with van der Waals surface area (Å²) >= 11 is 0. The number of aromatic nitrogens is 3. The van der Waals surface area contributed by atoms with E-state index in [0.717, 1.165) is 6.42 Å². The van der Waals surface area contributed by atoms with Gasteiger partial charge in [0.1, 0.15) is 11.4 Å². The average Bonchev–Trinajstić information content (AvgIpc) is 3.37. The minimum atomic E-state index is -0.729. The number of nitrogens with zero attached hydrogens (tertiary/aromatic N) is 5. The Kier molecular flexibility index (Phi) is 11.7. The van der Waals surface area contributed by atoms with Crippen LogP contribution in [0.4, 0.5) is 9.18 Å². The molecular formula is C31H46FN5O6. The second-order valence-electron chi connectivity index (χ2n) is 12.5. The number of halogens is 1. The predicted octanol–water partition coefficient (Wildman–Crippen LogP) is 4.58. The number of rotatable bonds is 11. The number of esters is 1. The van der Waals surface area contributed by atoms with Gasteiger partial charge in [0.05, 0.1) is 30.5 Å². The van der Waals surface area contributed by atoms with Crippen molar-refractivity contribution in [2.45, 2.75) is 78.9 Å². The Labute approximate surface area is 253 Å². The first kappa shape index (κ1) is 34.0. The van der Waals surface area contributed by atoms with E-state index in [2.05, 4.69) is 10.3 Å². The number of piperidine rings is 1. The molecule has 1 aliphatic heterocycles. The van der Waals surface area contributed by atoms with Gasteiger partial charge in [0, 0.05) is 33.4 Å². The minimum absolute atomic E-state index is 0.0809. The maximum Gasteiger partial charge on any atom is 0.410 e. The van der Waals surface area contributed by atoms with Gasteiger partial charge in [-0.3, -0.25) is 9.59 Å². The number of ether oxygens (including phenoxy) is 3. The van der Waals surface area contributed by atoms with Gasteiger partial charge in [-0.2, -0.15) is 0 Å². The summed E-state index contributed by atoms with van der Waals surface area (Å²) in [7, 11) is 2.95. The molecule has 1 aromatic carbocycles. The van der Waals surface area contributed by atoms with Crippen molar-refractivity contribution in [1.29, 1.82) is 0 Å². The summed E-state index contributed by atoms with van der Waals surface area (Å²) in [4.78, 5) is 43.4. The van der Waals surface area contributed by atoms with Crippen LogP contribution in [0.5, 0.6) is 0 Å². The van der Waals surface area contributed by atoms with E-state index in [9.17, 15) is 18.8 Å². The topological polar surface area (TPSA) is 116 Å². The maximum absolute atomic E-state index is 14.4. The number of unbranched alkanes of at least 4 members (excludes halogenated alkanes) is 1. The number of methoxy groups -OCH3 is 2. The van der Waals surface area contributed by atoms with Crippen molar-refractivity contribution < 1.29 is 33.0 Å². The number of likely N-dealkylation sites (tertiary alicyclic amines) is 1. The van der Waals surface area contributed by atoms with Gasteiger partial charge < -0.3 is 24.0 Å². The lowest BCUT2D eigenvalue weighted by molar-refractivity contribution is -0.148. The van der Waals surface area contributed by atoms with Gasteiger partial charge in [-0.05, 0) is 83.1 Å². The molecule has 2 amide bonds. The zero-order chi connectivity index (χ0) is 31.9. The van der Waals surface area contributed by atoms with E-state index < -0.39 is 29.6 Å². The van der Waals surface area contributed by atoms with E-state index in [0.29, 0.717) is 49.4 Å². The van der Waals surface area contributed by atoms with Crippen LogP contribution in [0.3, 0.4) is 0 Å². The van der Waals surface area contributed by atoms with E-state index in [-0.39, 0.29) is 36.4 Å². The fourth-order valence-corrected chi connectivity index (χ4v) is 5.24. The average molecular weight is 604 g/mol. The highest BCUT2D eigenvalue weighted by molar-refractivity contribution is 5.94. The quantitative estimate of drug-likeness (QED) is 0.271. The van der Waals surface area contributed by atoms with Crippen LogP contribution in [0.25, 0.3) is 5.69 Å². The number of aryl methyl sites for hydroxylation is 1. The van der Waals surface area contributed by atoms with Gasteiger partial charge in [-0.25, -0.2) is 13.9 Å². The third-order valence-corrected chi connectivity index (χ3v) is 7.24. The molecule has 0 bridgehead atoms. The molecule has 3 rings (SSSR count). The Hall–Kier alpha value is -3.54. The molecule has 0 aliphatic carbocycles. The van der Waals surface area contributed by atoms with E-state index in [4.69, 9.17) is 14.2 Å². The smallest absolute Gasteiger partial charge is 0.410 e. The van der Waals surface area contributed by atoms with Gasteiger partial charge in [0.25, 0.3) is 5.91 Å². The van der Waals surface area contributed by atoms with Crippen LogP contribution in [0.15, 0.2) is 18.2 Å². The molecule has 1 saturated heterocycles. The summed E-state index contributed by atoms with van der Waals surface area (Å²) in [6.07, 6.45) is 1.73. The monoisotopic (exact) mass is 603 g/mol. The first-order valence-electron chi connectivity index (χ1n) is 14.8. The molecule has 0 saturated carbocycles. The first-order chi connectivity index (χ1) is 20.2. The summed E-state index contributed by atoms with van der Waals surface area (Å²) < 4.78 is 31.5. The van der Waals surface area contributed by atoms with Crippen molar-refractivity contribution >= 4 is 18.0 Å². The lowest BCUT2D eigenvalue weighted by Crippen LogP contribution is -2.57. The Balaban J connectivity index is 2.03. The van der Waals surface area contributed by atoms with Crippen LogP contribution in [0.2, 0.25) is 0 Å². The largest absolute Gasteiger partial charge is 0.469 e. The molecule has 1 fully saturated rings. The Morgan fingerprint density at radius 3 is 2.47 bits per heavy atom. The molecule has 0 unspecified atom stereocenters. The fraction of sp³-hybridized carbons (Fsp3) is 0.645. The summed E-state index contributed by atoms with van der Waals surface area (Å²) in [5.41, 5.74) is 1.11. The number of amides is 2. The van der Waals surface area contributed by atoms with Crippen molar-refractivity contribution in [3.8, 4) is 5.69 Å². The van der Waals surface area contributed by atoms with Gasteiger partial charge >= 0.3 is 12.1 Å². The van der Waals surface area contributed by atoms with Crippen LogP contribution in [0, 0.1) is 24.6 Å². The fourth-order valence-electron chi connectivity index (χ4n) is 5.24. The van der Waals surface area contributed by atoms with Crippen LogP contribution >= 0.6 is 0 Å². The van der Waals surface area contributed by atoms with E-state index >= 15 is 0 Å². The van der Waals surface area contributed by atoms with Gasteiger partial charge in [0.2, 0.25) is 0 Å². The second-order valence-corrected chi connectivity index (χ2v) is 12.5. The van der Waals surface area contributed by atoms with Crippen LogP contribution in [0.1, 0.15) is 75.6 Å². The number of carbonyl (C=O) groups excluding carboxylic acids is 3. The van der Waals surface area contributed by atoms with Crippen LogP contribution in [-0.4, -0.2) is 94.9 Å². The highest BCUT2D eigenvalue weighted by Crippen LogP contribution is 2.27. The molecule has 11 nitrogen and oxygen atoms in total. The molecule has 2 atom stereocenters. The molecule has 0 spiro atoms. The van der Waals surface area contributed by atoms with Crippen LogP contribution in [-0.2, 0) is 25.4 Å². The lowest BCUT2D eigenvalue weighted by Gasteiger charge is -2.42. The number of carbonyl (C=O) groups is 3. The maximum atomic E-state index is 14.4. The molecular weight excluding hydrogens is 557 g/mol. The van der Waals surface area contributed by atoms with Crippen LogP contribution < -0.4 is 0 Å². The molecule has 43 heavy (non-hydrogen) atoms. The summed E-state index contributed by atoms with van der Waals surface area (Å²) in [5, 5.41) is 8.67. The third-order valence-electron chi connectivity index (χ3n) is 7.24. The molecule has 238 valence electrons. The SMILES string of the molecule is COCCCCc1c(C(=O)N(CC(C)C)[C@H]2C[C@@H](C(=O)OC)CN(C(=O)OC(C)(C)C)C2)nnn1-c1ccc(F)c(C)c1. The van der Waals surface area contributed by atoms with Crippen molar-refractivity contribution in [3.05, 3.63) is 41.0 Å². The molecule has 2 aromatic rings. The standard InChI is InChI=1S/C31H46FN5O6/c1-20(2)17-36(24-16-22(29(39)42-8)18-35(19-24)30(40)43-31(4,5)6)28(38)27-26(11-9-10-14-41-7)37(34-33-27)23-12-13-25(32)21(3)15-23/h12-13,15,20,22,24H,9-11,14,16-19H2,1-8H3/t22-,24+/m1/s1. The normalized spacial score (nSPS) is 17.2. The van der Waals surface area contributed by atoms with Crippen molar-refractivity contribution in [3.63, 3.8) is 0 Å². The predicted molar refractivity (Wildman–Crippen MR) is 158 cm³/mol. The molecule has 1 aliphatic rings.